The van der Waals surface area contributed by atoms with Gasteiger partial charge < -0.3 is 15.0 Å². The number of benzene rings is 2. The minimum absolute atomic E-state index is 0.0252. The number of nitrogens with one attached hydrogen (secondary N) is 2. The predicted octanol–water partition coefficient (Wildman–Crippen LogP) is 4.91. The third kappa shape index (κ3) is 5.67. The van der Waals surface area contributed by atoms with E-state index in [1.165, 1.54) is 25.7 Å². The molecule has 1 aliphatic heterocycles. The maximum Gasteiger partial charge on any atom is 0.254 e. The Balaban J connectivity index is 1.31. The molecule has 5 rings (SSSR count). The minimum atomic E-state index is 0.0252. The van der Waals surface area contributed by atoms with Crippen LogP contribution in [0.3, 0.4) is 0 Å². The number of hydrogen-bond donors (Lipinski definition) is 2. The van der Waals surface area contributed by atoms with E-state index >= 15 is 0 Å². The van der Waals surface area contributed by atoms with E-state index in [2.05, 4.69) is 57.9 Å². The molecule has 4 aromatic rings. The summed E-state index contributed by atoms with van der Waals surface area (Å²) in [5, 5.41) is 21.0. The Kier molecular flexibility index (Phi) is 7.79. The number of carbonyl (C=O) groups is 1. The van der Waals surface area contributed by atoms with Crippen LogP contribution in [0, 0.1) is 5.92 Å². The van der Waals surface area contributed by atoms with E-state index in [9.17, 15) is 4.79 Å². The lowest BCUT2D eigenvalue weighted by atomic mass is 9.98. The summed E-state index contributed by atoms with van der Waals surface area (Å²) in [5.41, 5.74) is 4.98. The Morgan fingerprint density at radius 3 is 2.57 bits per heavy atom. The molecule has 0 aliphatic carbocycles. The Morgan fingerprint density at radius 1 is 1.08 bits per heavy atom. The predicted molar refractivity (Wildman–Crippen MR) is 145 cm³/mol. The van der Waals surface area contributed by atoms with E-state index in [1.807, 2.05) is 35.4 Å². The normalized spacial score (nSPS) is 14.0. The van der Waals surface area contributed by atoms with E-state index in [4.69, 9.17) is 4.74 Å². The Hall–Kier alpha value is -3.72. The van der Waals surface area contributed by atoms with Crippen LogP contribution >= 0.6 is 0 Å². The molecular weight excluding hydrogens is 466 g/mol. The van der Waals surface area contributed by atoms with Gasteiger partial charge in [-0.05, 0) is 61.2 Å². The van der Waals surface area contributed by atoms with Gasteiger partial charge in [-0.25, -0.2) is 4.68 Å². The number of hydrogen-bond acceptors (Lipinski definition) is 6. The van der Waals surface area contributed by atoms with Crippen LogP contribution in [-0.2, 0) is 4.74 Å². The molecule has 1 saturated heterocycles. The van der Waals surface area contributed by atoms with Crippen molar-refractivity contribution in [2.24, 2.45) is 5.92 Å². The maximum absolute atomic E-state index is 12.7. The Morgan fingerprint density at radius 2 is 1.84 bits per heavy atom. The summed E-state index contributed by atoms with van der Waals surface area (Å²) >= 11 is 0. The van der Waals surface area contributed by atoms with Crippen LogP contribution in [0.1, 0.15) is 49.9 Å². The molecule has 0 spiro atoms. The molecule has 2 aromatic carbocycles. The smallest absolute Gasteiger partial charge is 0.254 e. The molecule has 37 heavy (non-hydrogen) atoms. The zero-order valence-corrected chi connectivity index (χ0v) is 21.6. The topological polar surface area (TPSA) is 101 Å². The van der Waals surface area contributed by atoms with Gasteiger partial charge in [-0.1, -0.05) is 31.9 Å². The van der Waals surface area contributed by atoms with E-state index < -0.39 is 0 Å². The molecule has 194 valence electrons. The van der Waals surface area contributed by atoms with Crippen molar-refractivity contribution >= 4 is 22.5 Å². The number of fused-ring (bicyclic) bond motifs is 1. The third-order valence-corrected chi connectivity index (χ3v) is 6.96. The average molecular weight is 502 g/mol. The van der Waals surface area contributed by atoms with Crippen LogP contribution < -0.4 is 5.32 Å². The first kappa shape index (κ1) is 25.0. The van der Waals surface area contributed by atoms with Crippen LogP contribution in [0.4, 0.5) is 5.69 Å². The molecule has 0 atom stereocenters. The number of aromatic amines is 1. The van der Waals surface area contributed by atoms with Gasteiger partial charge in [0, 0.05) is 36.3 Å². The fourth-order valence-electron chi connectivity index (χ4n) is 4.95. The average Bonchev–Trinajstić information content (AvgIpc) is 3.59. The highest BCUT2D eigenvalue weighted by atomic mass is 16.5. The number of ether oxygens (including phenoxy) is 1. The largest absolute Gasteiger partial charge is 0.385 e. The Labute approximate surface area is 217 Å². The Bertz CT molecular complexity index is 1320. The van der Waals surface area contributed by atoms with Crippen molar-refractivity contribution in [3.8, 4) is 17.1 Å². The van der Waals surface area contributed by atoms with Crippen LogP contribution in [-0.4, -0.2) is 68.8 Å². The van der Waals surface area contributed by atoms with Gasteiger partial charge in [-0.3, -0.25) is 9.89 Å². The number of nitrogens with zero attached hydrogens (tertiary/aromatic N) is 5. The summed E-state index contributed by atoms with van der Waals surface area (Å²) in [5.74, 6) is 0.710. The van der Waals surface area contributed by atoms with Crippen LogP contribution in [0.2, 0.25) is 0 Å². The lowest BCUT2D eigenvalue weighted by Crippen LogP contribution is -2.40. The van der Waals surface area contributed by atoms with Crippen molar-refractivity contribution in [1.29, 1.82) is 0 Å². The van der Waals surface area contributed by atoms with Crippen LogP contribution in [0.5, 0.6) is 0 Å². The van der Waals surface area contributed by atoms with Gasteiger partial charge in [0.2, 0.25) is 0 Å². The standard InChI is InChI=1S/C28H35N7O2/c1-3-5-20(6-4-2)18-29-22-9-12-25-24(17-22)27(32-30-25)26-19-35(33-31-26)23-10-7-21(8-11-23)28(36)34-13-15-37-16-14-34/h7-12,17,19-20,29H,3-6,13-16,18H2,1-2H3,(H,30,32). The molecule has 3 heterocycles. The fraction of sp³-hybridized carbons (Fsp3) is 0.429. The summed E-state index contributed by atoms with van der Waals surface area (Å²) in [4.78, 5) is 14.6. The molecule has 0 saturated carbocycles. The zero-order valence-electron chi connectivity index (χ0n) is 21.6. The molecule has 2 N–H and O–H groups in total. The van der Waals surface area contributed by atoms with Gasteiger partial charge in [0.15, 0.2) is 0 Å². The summed E-state index contributed by atoms with van der Waals surface area (Å²) in [6.07, 6.45) is 6.77. The molecule has 0 bridgehead atoms. The highest BCUT2D eigenvalue weighted by Gasteiger charge is 2.19. The molecule has 1 amide bonds. The summed E-state index contributed by atoms with van der Waals surface area (Å²) < 4.78 is 7.05. The number of anilines is 1. The van der Waals surface area contributed by atoms with Gasteiger partial charge in [-0.2, -0.15) is 5.10 Å². The van der Waals surface area contributed by atoms with Crippen molar-refractivity contribution in [2.75, 3.05) is 38.2 Å². The highest BCUT2D eigenvalue weighted by Crippen LogP contribution is 2.28. The summed E-state index contributed by atoms with van der Waals surface area (Å²) in [6.45, 7) is 7.89. The molecule has 9 heteroatoms. The lowest BCUT2D eigenvalue weighted by molar-refractivity contribution is 0.0303. The maximum atomic E-state index is 12.7. The van der Waals surface area contributed by atoms with E-state index in [-0.39, 0.29) is 5.91 Å². The monoisotopic (exact) mass is 501 g/mol. The first-order valence-electron chi connectivity index (χ1n) is 13.3. The minimum Gasteiger partial charge on any atom is -0.385 e. The van der Waals surface area contributed by atoms with Crippen molar-refractivity contribution < 1.29 is 9.53 Å². The number of carbonyl (C=O) groups excluding carboxylic acids is 1. The molecule has 2 aromatic heterocycles. The van der Waals surface area contributed by atoms with Gasteiger partial charge in [0.05, 0.1) is 30.6 Å². The first-order valence-corrected chi connectivity index (χ1v) is 13.3. The van der Waals surface area contributed by atoms with Gasteiger partial charge in [0.25, 0.3) is 5.91 Å². The van der Waals surface area contributed by atoms with Crippen molar-refractivity contribution in [2.45, 2.75) is 39.5 Å². The SMILES string of the molecule is CCCC(CCC)CNc1ccc2[nH]nc(-c3cn(-c4ccc(C(=O)N5CCOCC5)cc4)nn3)c2c1. The number of H-pyrrole nitrogens is 1. The van der Waals surface area contributed by atoms with Gasteiger partial charge in [-0.15, -0.1) is 5.10 Å². The quantitative estimate of drug-likeness (QED) is 0.320. The van der Waals surface area contributed by atoms with E-state index in [0.717, 1.165) is 34.5 Å². The number of amides is 1. The number of rotatable bonds is 10. The second-order valence-corrected chi connectivity index (χ2v) is 9.66. The van der Waals surface area contributed by atoms with E-state index in [0.29, 0.717) is 43.5 Å². The van der Waals surface area contributed by atoms with Gasteiger partial charge in [0.1, 0.15) is 11.4 Å². The molecule has 0 radical (unpaired) electrons. The molecule has 1 fully saturated rings. The summed E-state index contributed by atoms with van der Waals surface area (Å²) in [6, 6.07) is 13.7. The first-order chi connectivity index (χ1) is 18.2. The number of aromatic nitrogens is 5. The number of morpholine rings is 1. The highest BCUT2D eigenvalue weighted by molar-refractivity contribution is 5.95. The van der Waals surface area contributed by atoms with Gasteiger partial charge >= 0.3 is 0 Å². The van der Waals surface area contributed by atoms with Crippen molar-refractivity contribution in [1.82, 2.24) is 30.1 Å². The second kappa shape index (κ2) is 11.6. The lowest BCUT2D eigenvalue weighted by Gasteiger charge is -2.26. The van der Waals surface area contributed by atoms with Crippen LogP contribution in [0.25, 0.3) is 28.0 Å². The van der Waals surface area contributed by atoms with Crippen molar-refractivity contribution in [3.63, 3.8) is 0 Å². The second-order valence-electron chi connectivity index (χ2n) is 9.66. The van der Waals surface area contributed by atoms with Crippen LogP contribution in [0.15, 0.2) is 48.7 Å². The molecular formula is C28H35N7O2. The molecule has 1 aliphatic rings. The molecule has 0 unspecified atom stereocenters. The van der Waals surface area contributed by atoms with Crippen molar-refractivity contribution in [3.05, 3.63) is 54.2 Å². The fourth-order valence-corrected chi connectivity index (χ4v) is 4.95. The summed E-state index contributed by atoms with van der Waals surface area (Å²) in [7, 11) is 0. The van der Waals surface area contributed by atoms with E-state index in [1.54, 1.807) is 4.68 Å². The zero-order chi connectivity index (χ0) is 25.6. The molecule has 9 nitrogen and oxygen atoms in total. The third-order valence-electron chi connectivity index (χ3n) is 6.96.